The molecule has 5 nitrogen and oxygen atoms in total. The lowest BCUT2D eigenvalue weighted by Gasteiger charge is -2.37. The number of allylic oxidation sites excluding steroid dienone is 2. The highest BCUT2D eigenvalue weighted by molar-refractivity contribution is 6.02. The summed E-state index contributed by atoms with van der Waals surface area (Å²) in [5.74, 6) is 0.724. The molecule has 1 saturated carbocycles. The monoisotopic (exact) mass is 306 g/mol. The van der Waals surface area contributed by atoms with Gasteiger partial charge in [-0.3, -0.25) is 0 Å². The van der Waals surface area contributed by atoms with E-state index in [-0.39, 0.29) is 11.3 Å². The van der Waals surface area contributed by atoms with Crippen molar-refractivity contribution >= 4 is 17.3 Å². The van der Waals surface area contributed by atoms with Gasteiger partial charge in [0, 0.05) is 16.7 Å². The summed E-state index contributed by atoms with van der Waals surface area (Å²) < 4.78 is 5.77. The van der Waals surface area contributed by atoms with E-state index in [0.29, 0.717) is 11.5 Å². The molecule has 116 valence electrons. The summed E-state index contributed by atoms with van der Waals surface area (Å²) in [6.07, 6.45) is 3.97. The number of para-hydroxylation sites is 2. The Bertz CT molecular complexity index is 820. The molecule has 5 heteroatoms. The van der Waals surface area contributed by atoms with Gasteiger partial charge in [0.1, 0.15) is 11.6 Å². The summed E-state index contributed by atoms with van der Waals surface area (Å²) in [6, 6.07) is 10.1. The molecule has 4 rings (SSSR count). The van der Waals surface area contributed by atoms with Crippen LogP contribution in [0.25, 0.3) is 0 Å². The SMILES string of the molecule is CC1=C2C(=Nc3ccccc3N1)OC(N)=C(C#N)C21CCCC1. The fourth-order valence-corrected chi connectivity index (χ4v) is 4.06. The fraction of sp³-hybridized carbons (Fsp3) is 0.333. The Kier molecular flexibility index (Phi) is 2.95. The van der Waals surface area contributed by atoms with Gasteiger partial charge in [-0.1, -0.05) is 25.0 Å². The molecule has 23 heavy (non-hydrogen) atoms. The summed E-state index contributed by atoms with van der Waals surface area (Å²) in [6.45, 7) is 2.02. The zero-order valence-electron chi connectivity index (χ0n) is 13.0. The molecule has 1 aliphatic carbocycles. The van der Waals surface area contributed by atoms with E-state index in [2.05, 4.69) is 11.4 Å². The lowest BCUT2D eigenvalue weighted by atomic mass is 9.70. The van der Waals surface area contributed by atoms with E-state index in [0.717, 1.165) is 48.3 Å². The number of nitrogens with one attached hydrogen (secondary N) is 1. The molecular formula is C18H18N4O. The van der Waals surface area contributed by atoms with Crippen molar-refractivity contribution in [3.8, 4) is 6.07 Å². The topological polar surface area (TPSA) is 83.4 Å². The van der Waals surface area contributed by atoms with Gasteiger partial charge in [-0.15, -0.1) is 0 Å². The van der Waals surface area contributed by atoms with E-state index in [1.807, 2.05) is 31.2 Å². The van der Waals surface area contributed by atoms with Crippen molar-refractivity contribution in [1.29, 1.82) is 5.26 Å². The second kappa shape index (κ2) is 4.88. The number of ether oxygens (including phenoxy) is 1. The van der Waals surface area contributed by atoms with Gasteiger partial charge >= 0.3 is 0 Å². The normalized spacial score (nSPS) is 21.7. The molecule has 0 atom stereocenters. The predicted octanol–water partition coefficient (Wildman–Crippen LogP) is 3.70. The predicted molar refractivity (Wildman–Crippen MR) is 88.7 cm³/mol. The van der Waals surface area contributed by atoms with Gasteiger partial charge in [-0.2, -0.15) is 5.26 Å². The number of nitrogens with two attached hydrogens (primary N) is 1. The maximum atomic E-state index is 9.66. The highest BCUT2D eigenvalue weighted by atomic mass is 16.5. The molecule has 2 heterocycles. The van der Waals surface area contributed by atoms with Gasteiger partial charge in [0.05, 0.1) is 11.4 Å². The van der Waals surface area contributed by atoms with Gasteiger partial charge in [0.25, 0.3) is 0 Å². The highest BCUT2D eigenvalue weighted by Crippen LogP contribution is 2.54. The molecule has 2 aliphatic heterocycles. The number of anilines is 1. The molecule has 0 saturated heterocycles. The first-order valence-electron chi connectivity index (χ1n) is 7.90. The van der Waals surface area contributed by atoms with E-state index in [1.165, 1.54) is 0 Å². The van der Waals surface area contributed by atoms with Gasteiger partial charge in [-0.05, 0) is 31.9 Å². The van der Waals surface area contributed by atoms with Crippen molar-refractivity contribution < 1.29 is 4.74 Å². The number of nitrogens with zero attached hydrogens (tertiary/aromatic N) is 2. The number of fused-ring (bicyclic) bond motifs is 3. The fourth-order valence-electron chi connectivity index (χ4n) is 4.06. The molecule has 1 fully saturated rings. The summed E-state index contributed by atoms with van der Waals surface area (Å²) in [4.78, 5) is 4.70. The third-order valence-electron chi connectivity index (χ3n) is 5.02. The second-order valence-corrected chi connectivity index (χ2v) is 6.30. The van der Waals surface area contributed by atoms with Crippen LogP contribution in [0.5, 0.6) is 0 Å². The summed E-state index contributed by atoms with van der Waals surface area (Å²) in [5, 5.41) is 13.1. The first kappa shape index (κ1) is 13.9. The van der Waals surface area contributed by atoms with Gasteiger partial charge in [0.15, 0.2) is 0 Å². The van der Waals surface area contributed by atoms with Crippen LogP contribution in [-0.4, -0.2) is 5.90 Å². The minimum atomic E-state index is -0.366. The molecule has 0 amide bonds. The molecule has 1 spiro atoms. The van der Waals surface area contributed by atoms with Crippen LogP contribution in [0.15, 0.2) is 52.0 Å². The second-order valence-electron chi connectivity index (χ2n) is 6.30. The molecule has 3 aliphatic rings. The maximum absolute atomic E-state index is 9.66. The molecule has 1 aromatic rings. The minimum absolute atomic E-state index is 0.198. The van der Waals surface area contributed by atoms with Crippen LogP contribution in [0, 0.1) is 16.7 Å². The third kappa shape index (κ3) is 1.88. The zero-order valence-corrected chi connectivity index (χ0v) is 13.0. The van der Waals surface area contributed by atoms with Crippen molar-refractivity contribution in [2.75, 3.05) is 5.32 Å². The Balaban J connectivity index is 1.99. The maximum Gasteiger partial charge on any atom is 0.227 e. The number of aliphatic imine (C=N–C) groups is 1. The minimum Gasteiger partial charge on any atom is -0.422 e. The Morgan fingerprint density at radius 2 is 2.04 bits per heavy atom. The number of hydrogen-bond acceptors (Lipinski definition) is 5. The average molecular weight is 306 g/mol. The quantitative estimate of drug-likeness (QED) is 0.765. The molecule has 0 radical (unpaired) electrons. The Hall–Kier alpha value is -2.74. The number of benzene rings is 1. The molecule has 1 aromatic carbocycles. The lowest BCUT2D eigenvalue weighted by molar-refractivity contribution is 0.329. The van der Waals surface area contributed by atoms with E-state index in [1.54, 1.807) is 0 Å². The van der Waals surface area contributed by atoms with Crippen molar-refractivity contribution in [2.45, 2.75) is 32.6 Å². The van der Waals surface area contributed by atoms with Crippen LogP contribution in [-0.2, 0) is 4.74 Å². The van der Waals surface area contributed by atoms with Crippen molar-refractivity contribution in [1.82, 2.24) is 0 Å². The summed E-state index contributed by atoms with van der Waals surface area (Å²) in [5.41, 5.74) is 9.99. The van der Waals surface area contributed by atoms with Crippen LogP contribution < -0.4 is 11.1 Å². The lowest BCUT2D eigenvalue weighted by Crippen LogP contribution is -2.37. The van der Waals surface area contributed by atoms with Gasteiger partial charge < -0.3 is 15.8 Å². The van der Waals surface area contributed by atoms with Crippen molar-refractivity contribution in [2.24, 2.45) is 16.1 Å². The summed E-state index contributed by atoms with van der Waals surface area (Å²) in [7, 11) is 0. The first-order valence-corrected chi connectivity index (χ1v) is 7.90. The van der Waals surface area contributed by atoms with E-state index in [4.69, 9.17) is 15.5 Å². The Labute approximate surface area is 135 Å². The largest absolute Gasteiger partial charge is 0.422 e. The Morgan fingerprint density at radius 1 is 1.30 bits per heavy atom. The zero-order chi connectivity index (χ0) is 16.0. The smallest absolute Gasteiger partial charge is 0.227 e. The van der Waals surface area contributed by atoms with Crippen LogP contribution in [0.2, 0.25) is 0 Å². The molecule has 3 N–H and O–H groups in total. The van der Waals surface area contributed by atoms with E-state index < -0.39 is 0 Å². The van der Waals surface area contributed by atoms with Crippen molar-refractivity contribution in [3.63, 3.8) is 0 Å². The Morgan fingerprint density at radius 3 is 2.78 bits per heavy atom. The third-order valence-corrected chi connectivity index (χ3v) is 5.02. The van der Waals surface area contributed by atoms with Crippen LogP contribution in [0.4, 0.5) is 11.4 Å². The highest BCUT2D eigenvalue weighted by Gasteiger charge is 2.50. The molecule has 0 unspecified atom stereocenters. The van der Waals surface area contributed by atoms with Crippen LogP contribution in [0.1, 0.15) is 32.6 Å². The molecule has 0 aromatic heterocycles. The van der Waals surface area contributed by atoms with E-state index >= 15 is 0 Å². The van der Waals surface area contributed by atoms with Crippen LogP contribution >= 0.6 is 0 Å². The summed E-state index contributed by atoms with van der Waals surface area (Å²) >= 11 is 0. The standard InChI is InChI=1S/C18H18N4O/c1-11-15-17(22-14-7-3-2-6-13(14)21-11)23-16(20)12(10-19)18(15)8-4-5-9-18/h2-3,6-7,21H,4-5,8-9,20H2,1H3. The van der Waals surface area contributed by atoms with Crippen molar-refractivity contribution in [3.05, 3.63) is 47.0 Å². The van der Waals surface area contributed by atoms with Crippen LogP contribution in [0.3, 0.4) is 0 Å². The van der Waals surface area contributed by atoms with Gasteiger partial charge in [-0.25, -0.2) is 4.99 Å². The van der Waals surface area contributed by atoms with E-state index in [9.17, 15) is 5.26 Å². The molecule has 0 bridgehead atoms. The number of nitriles is 1. The average Bonchev–Trinajstić information content (AvgIpc) is 2.93. The molecular weight excluding hydrogens is 288 g/mol. The van der Waals surface area contributed by atoms with Gasteiger partial charge in [0.2, 0.25) is 11.8 Å². The number of rotatable bonds is 0. The first-order chi connectivity index (χ1) is 11.2. The number of hydrogen-bond donors (Lipinski definition) is 2.